The number of nitro groups is 2. The highest BCUT2D eigenvalue weighted by molar-refractivity contribution is 5.57. The summed E-state index contributed by atoms with van der Waals surface area (Å²) in [4.78, 5) is 19.4. The minimum atomic E-state index is -0.887. The average Bonchev–Trinajstić information content (AvgIpc) is 2.20. The number of methoxy groups -OCH3 is 1. The first-order valence-corrected chi connectivity index (χ1v) is 4.11. The largest absolute Gasteiger partial charge is 0.502 e. The van der Waals surface area contributed by atoms with Crippen LogP contribution in [0.4, 0.5) is 11.4 Å². The Balaban J connectivity index is 3.38. The molecule has 0 aliphatic carbocycles. The third-order valence-electron chi connectivity index (χ3n) is 1.86. The normalized spacial score (nSPS) is 10.1. The number of rotatable bonds is 4. The van der Waals surface area contributed by atoms with Crippen LogP contribution in [0.1, 0.15) is 5.56 Å². The molecule has 0 saturated heterocycles. The maximum Gasteiger partial charge on any atom is 0.317 e. The number of hydrogen-bond acceptors (Lipinski definition) is 6. The van der Waals surface area contributed by atoms with E-state index in [4.69, 9.17) is 0 Å². The summed E-state index contributed by atoms with van der Waals surface area (Å²) in [6.07, 6.45) is 0. The van der Waals surface area contributed by atoms with Gasteiger partial charge in [-0.3, -0.25) is 20.2 Å². The summed E-state index contributed by atoms with van der Waals surface area (Å²) in [5, 5.41) is 30.5. The van der Waals surface area contributed by atoms with Gasteiger partial charge in [0, 0.05) is 18.7 Å². The Hall–Kier alpha value is -2.22. The zero-order valence-corrected chi connectivity index (χ0v) is 8.24. The van der Waals surface area contributed by atoms with E-state index in [9.17, 15) is 25.3 Å². The Morgan fingerprint density at radius 3 is 2.38 bits per heavy atom. The van der Waals surface area contributed by atoms with Crippen molar-refractivity contribution in [2.75, 3.05) is 7.11 Å². The molecule has 1 aromatic rings. The van der Waals surface area contributed by atoms with Gasteiger partial charge in [0.2, 0.25) is 0 Å². The Labute approximate surface area is 89.4 Å². The van der Waals surface area contributed by atoms with E-state index in [0.29, 0.717) is 6.07 Å². The summed E-state index contributed by atoms with van der Waals surface area (Å²) >= 11 is 0. The highest BCUT2D eigenvalue weighted by atomic mass is 16.6. The van der Waals surface area contributed by atoms with Crippen LogP contribution in [0, 0.1) is 20.2 Å². The first-order valence-electron chi connectivity index (χ1n) is 4.11. The number of phenolic OH excluding ortho intramolecular Hbond substituents is 1. The zero-order valence-electron chi connectivity index (χ0n) is 8.24. The average molecular weight is 228 g/mol. The summed E-state index contributed by atoms with van der Waals surface area (Å²) in [6.45, 7) is -0.144. The predicted octanol–water partition coefficient (Wildman–Crippen LogP) is 1.35. The second-order valence-electron chi connectivity index (χ2n) is 2.92. The van der Waals surface area contributed by atoms with Crippen LogP contribution in [0.25, 0.3) is 0 Å². The lowest BCUT2D eigenvalue weighted by molar-refractivity contribution is -0.394. The SMILES string of the molecule is COCc1cc([N+](=O)[O-])cc([N+](=O)[O-])c1O. The van der Waals surface area contributed by atoms with E-state index in [0.717, 1.165) is 6.07 Å². The quantitative estimate of drug-likeness (QED) is 0.614. The summed E-state index contributed by atoms with van der Waals surface area (Å²) in [5.41, 5.74) is -1.17. The van der Waals surface area contributed by atoms with Crippen molar-refractivity contribution in [3.63, 3.8) is 0 Å². The fraction of sp³-hybridized carbons (Fsp3) is 0.250. The minimum absolute atomic E-state index is 0.00315. The van der Waals surface area contributed by atoms with Gasteiger partial charge in [-0.25, -0.2) is 0 Å². The summed E-state index contributed by atoms with van der Waals surface area (Å²) in [6, 6.07) is 1.74. The molecule has 0 unspecified atom stereocenters. The second-order valence-corrected chi connectivity index (χ2v) is 2.92. The molecule has 0 aliphatic rings. The molecule has 0 atom stereocenters. The van der Waals surface area contributed by atoms with Crippen LogP contribution in [0.2, 0.25) is 0 Å². The van der Waals surface area contributed by atoms with Crippen molar-refractivity contribution >= 4 is 11.4 Å². The molecule has 0 saturated carbocycles. The van der Waals surface area contributed by atoms with Crippen molar-refractivity contribution in [2.45, 2.75) is 6.61 Å². The lowest BCUT2D eigenvalue weighted by Gasteiger charge is -2.03. The second kappa shape index (κ2) is 4.53. The molecule has 1 rings (SSSR count). The van der Waals surface area contributed by atoms with Gasteiger partial charge < -0.3 is 9.84 Å². The molecule has 0 amide bonds. The standard InChI is InChI=1S/C8H8N2O6/c1-16-4-5-2-6(9(12)13)3-7(8(5)11)10(14)15/h2-3,11H,4H2,1H3. The van der Waals surface area contributed by atoms with Gasteiger partial charge in [-0.15, -0.1) is 0 Å². The fourth-order valence-corrected chi connectivity index (χ4v) is 1.17. The van der Waals surface area contributed by atoms with E-state index in [1.54, 1.807) is 0 Å². The summed E-state index contributed by atoms with van der Waals surface area (Å²) in [5.74, 6) is -0.613. The van der Waals surface area contributed by atoms with Crippen molar-refractivity contribution in [3.05, 3.63) is 37.9 Å². The molecule has 0 heterocycles. The topological polar surface area (TPSA) is 116 Å². The Kier molecular flexibility index (Phi) is 3.36. The van der Waals surface area contributed by atoms with Crippen molar-refractivity contribution in [3.8, 4) is 5.75 Å². The highest BCUT2D eigenvalue weighted by Crippen LogP contribution is 2.34. The summed E-state index contributed by atoms with van der Waals surface area (Å²) in [7, 11) is 1.31. The molecule has 0 aromatic heterocycles. The number of aromatic hydroxyl groups is 1. The Morgan fingerprint density at radius 2 is 1.94 bits per heavy atom. The first-order chi connectivity index (χ1) is 7.47. The van der Waals surface area contributed by atoms with Crippen LogP contribution in [-0.4, -0.2) is 22.1 Å². The van der Waals surface area contributed by atoms with Gasteiger partial charge in [-0.2, -0.15) is 0 Å². The number of nitrogens with zero attached hydrogens (tertiary/aromatic N) is 2. The van der Waals surface area contributed by atoms with Crippen molar-refractivity contribution < 1.29 is 19.7 Å². The van der Waals surface area contributed by atoms with Gasteiger partial charge in [-0.05, 0) is 0 Å². The lowest BCUT2D eigenvalue weighted by Crippen LogP contribution is -1.97. The van der Waals surface area contributed by atoms with Crippen LogP contribution in [0.5, 0.6) is 5.75 Å². The molecule has 0 bridgehead atoms. The molecule has 0 fully saturated rings. The smallest absolute Gasteiger partial charge is 0.317 e. The van der Waals surface area contributed by atoms with Gasteiger partial charge in [-0.1, -0.05) is 0 Å². The van der Waals surface area contributed by atoms with Crippen molar-refractivity contribution in [1.29, 1.82) is 0 Å². The van der Waals surface area contributed by atoms with Crippen LogP contribution in [0.3, 0.4) is 0 Å². The van der Waals surface area contributed by atoms with E-state index >= 15 is 0 Å². The van der Waals surface area contributed by atoms with Crippen LogP contribution >= 0.6 is 0 Å². The van der Waals surface area contributed by atoms with E-state index in [1.165, 1.54) is 7.11 Å². The predicted molar refractivity (Wildman–Crippen MR) is 52.1 cm³/mol. The van der Waals surface area contributed by atoms with Crippen molar-refractivity contribution in [2.24, 2.45) is 0 Å². The molecule has 86 valence electrons. The van der Waals surface area contributed by atoms with E-state index in [-0.39, 0.29) is 12.2 Å². The molecule has 1 aromatic carbocycles. The van der Waals surface area contributed by atoms with Crippen LogP contribution < -0.4 is 0 Å². The number of benzene rings is 1. The number of ether oxygens (including phenoxy) is 1. The van der Waals surface area contributed by atoms with E-state index in [2.05, 4.69) is 4.74 Å². The van der Waals surface area contributed by atoms with Gasteiger partial charge in [0.25, 0.3) is 5.69 Å². The fourth-order valence-electron chi connectivity index (χ4n) is 1.17. The number of phenols is 1. The van der Waals surface area contributed by atoms with Gasteiger partial charge in [0.15, 0.2) is 5.75 Å². The molecule has 16 heavy (non-hydrogen) atoms. The zero-order chi connectivity index (χ0) is 12.3. The molecule has 0 radical (unpaired) electrons. The first kappa shape index (κ1) is 11.9. The Bertz CT molecular complexity index is 444. The number of hydrogen-bond donors (Lipinski definition) is 1. The third kappa shape index (κ3) is 2.23. The van der Waals surface area contributed by atoms with Gasteiger partial charge >= 0.3 is 5.69 Å². The molecule has 1 N–H and O–H groups in total. The van der Waals surface area contributed by atoms with Gasteiger partial charge in [0.05, 0.1) is 22.5 Å². The minimum Gasteiger partial charge on any atom is -0.502 e. The van der Waals surface area contributed by atoms with Crippen LogP contribution in [-0.2, 0) is 11.3 Å². The molecule has 8 heteroatoms. The Morgan fingerprint density at radius 1 is 1.31 bits per heavy atom. The monoisotopic (exact) mass is 228 g/mol. The number of non-ortho nitro benzene ring substituents is 1. The van der Waals surface area contributed by atoms with E-state index < -0.39 is 27.0 Å². The highest BCUT2D eigenvalue weighted by Gasteiger charge is 2.23. The van der Waals surface area contributed by atoms with Gasteiger partial charge in [0.1, 0.15) is 0 Å². The molecule has 0 spiro atoms. The lowest BCUT2D eigenvalue weighted by atomic mass is 10.1. The molecule has 0 aliphatic heterocycles. The maximum atomic E-state index is 10.5. The molecular weight excluding hydrogens is 220 g/mol. The molecule has 8 nitrogen and oxygen atoms in total. The van der Waals surface area contributed by atoms with Crippen LogP contribution in [0.15, 0.2) is 12.1 Å². The third-order valence-corrected chi connectivity index (χ3v) is 1.86. The maximum absolute atomic E-state index is 10.5. The molecular formula is C8H8N2O6. The van der Waals surface area contributed by atoms with Crippen molar-refractivity contribution in [1.82, 2.24) is 0 Å². The number of nitro benzene ring substituents is 2. The summed E-state index contributed by atoms with van der Waals surface area (Å²) < 4.78 is 4.67. The van der Waals surface area contributed by atoms with E-state index in [1.807, 2.05) is 0 Å².